The fourth-order valence-electron chi connectivity index (χ4n) is 2.50. The molecule has 0 spiro atoms. The first kappa shape index (κ1) is 20.0. The van der Waals surface area contributed by atoms with E-state index >= 15 is 0 Å². The molecule has 0 saturated carbocycles. The second-order valence-electron chi connectivity index (χ2n) is 5.52. The number of benzene rings is 1. The van der Waals surface area contributed by atoms with Gasteiger partial charge in [-0.2, -0.15) is 0 Å². The Morgan fingerprint density at radius 2 is 1.59 bits per heavy atom. The van der Waals surface area contributed by atoms with Crippen LogP contribution in [0, 0.1) is 6.92 Å². The number of rotatable bonds is 7. The number of carbonyl (C=O) groups is 3. The normalized spacial score (nSPS) is 10.2. The molecule has 0 aliphatic heterocycles. The van der Waals surface area contributed by atoms with Gasteiger partial charge in [-0.3, -0.25) is 10.1 Å². The summed E-state index contributed by atoms with van der Waals surface area (Å²) in [4.78, 5) is 36.4. The number of carbonyl (C=O) groups excluding carboxylic acids is 3. The monoisotopic (exact) mass is 375 g/mol. The SMILES string of the molecule is CCOc1ccc(CC(=O)Nc2oc(C)c(C(=O)OC)c2C(=O)OC)cc1. The molecule has 8 heteroatoms. The minimum Gasteiger partial charge on any atom is -0.494 e. The molecule has 0 atom stereocenters. The van der Waals surface area contributed by atoms with Crippen molar-refractivity contribution in [3.63, 3.8) is 0 Å². The van der Waals surface area contributed by atoms with Crippen LogP contribution >= 0.6 is 0 Å². The molecular weight excluding hydrogens is 354 g/mol. The zero-order valence-electron chi connectivity index (χ0n) is 15.6. The van der Waals surface area contributed by atoms with Gasteiger partial charge in [-0.1, -0.05) is 12.1 Å². The zero-order valence-corrected chi connectivity index (χ0v) is 15.6. The van der Waals surface area contributed by atoms with Gasteiger partial charge in [0.05, 0.1) is 27.2 Å². The van der Waals surface area contributed by atoms with Crippen LogP contribution in [0.4, 0.5) is 5.88 Å². The summed E-state index contributed by atoms with van der Waals surface area (Å²) in [5.41, 5.74) is 0.481. The molecule has 0 radical (unpaired) electrons. The number of nitrogens with one attached hydrogen (secondary N) is 1. The Bertz CT molecular complexity index is 836. The third-order valence-electron chi connectivity index (χ3n) is 3.72. The molecule has 0 bridgehead atoms. The second kappa shape index (κ2) is 8.88. The third kappa shape index (κ3) is 4.66. The molecule has 1 N–H and O–H groups in total. The van der Waals surface area contributed by atoms with Crippen LogP contribution in [0.5, 0.6) is 5.75 Å². The summed E-state index contributed by atoms with van der Waals surface area (Å²) in [6, 6.07) is 7.05. The van der Waals surface area contributed by atoms with Gasteiger partial charge >= 0.3 is 11.9 Å². The number of furan rings is 1. The van der Waals surface area contributed by atoms with Crippen LogP contribution in [0.2, 0.25) is 0 Å². The van der Waals surface area contributed by atoms with Crippen LogP contribution in [-0.4, -0.2) is 38.7 Å². The Hall–Kier alpha value is -3.29. The molecule has 1 aromatic carbocycles. The summed E-state index contributed by atoms with van der Waals surface area (Å²) in [5, 5.41) is 2.51. The van der Waals surface area contributed by atoms with Crippen LogP contribution in [0.3, 0.4) is 0 Å². The molecule has 27 heavy (non-hydrogen) atoms. The van der Waals surface area contributed by atoms with Gasteiger partial charge in [0, 0.05) is 0 Å². The molecule has 0 aliphatic carbocycles. The van der Waals surface area contributed by atoms with Crippen LogP contribution in [0.25, 0.3) is 0 Å². The fraction of sp³-hybridized carbons (Fsp3) is 0.316. The number of hydrogen-bond donors (Lipinski definition) is 1. The van der Waals surface area contributed by atoms with Crippen molar-refractivity contribution in [2.24, 2.45) is 0 Å². The highest BCUT2D eigenvalue weighted by Gasteiger charge is 2.30. The van der Waals surface area contributed by atoms with Crippen molar-refractivity contribution in [3.05, 3.63) is 46.7 Å². The average Bonchev–Trinajstić information content (AvgIpc) is 2.97. The van der Waals surface area contributed by atoms with Gasteiger partial charge < -0.3 is 18.6 Å². The van der Waals surface area contributed by atoms with E-state index in [4.69, 9.17) is 9.15 Å². The minimum atomic E-state index is -0.816. The van der Waals surface area contributed by atoms with Gasteiger partial charge in [-0.05, 0) is 31.5 Å². The van der Waals surface area contributed by atoms with Crippen LogP contribution in [-0.2, 0) is 20.7 Å². The van der Waals surface area contributed by atoms with Crippen LogP contribution in [0.15, 0.2) is 28.7 Å². The summed E-state index contributed by atoms with van der Waals surface area (Å²) < 4.78 is 20.1. The molecular formula is C19H21NO7. The van der Waals surface area contributed by atoms with Gasteiger partial charge in [-0.15, -0.1) is 0 Å². The van der Waals surface area contributed by atoms with Crippen LogP contribution < -0.4 is 10.1 Å². The lowest BCUT2D eigenvalue weighted by atomic mass is 10.1. The molecule has 144 valence electrons. The molecule has 1 amide bonds. The van der Waals surface area contributed by atoms with Crippen molar-refractivity contribution >= 4 is 23.7 Å². The van der Waals surface area contributed by atoms with Crippen molar-refractivity contribution < 1.29 is 33.0 Å². The smallest absolute Gasteiger partial charge is 0.344 e. The Morgan fingerprint density at radius 1 is 1.00 bits per heavy atom. The van der Waals surface area contributed by atoms with Gasteiger partial charge in [0.1, 0.15) is 22.6 Å². The standard InChI is InChI=1S/C19H21NO7/c1-5-26-13-8-6-12(7-9-13)10-14(21)20-17-16(19(23)25-4)15(11(2)27-17)18(22)24-3/h6-9H,5,10H2,1-4H3,(H,20,21). The predicted octanol–water partition coefficient (Wildman–Crippen LogP) is 2.74. The van der Waals surface area contributed by atoms with Gasteiger partial charge in [0.25, 0.3) is 0 Å². The van der Waals surface area contributed by atoms with Crippen molar-refractivity contribution in [2.75, 3.05) is 26.1 Å². The molecule has 8 nitrogen and oxygen atoms in total. The number of methoxy groups -OCH3 is 2. The molecule has 2 rings (SSSR count). The summed E-state index contributed by atoms with van der Waals surface area (Å²) in [7, 11) is 2.34. The molecule has 0 aliphatic rings. The van der Waals surface area contributed by atoms with E-state index in [0.717, 1.165) is 12.7 Å². The molecule has 1 aromatic heterocycles. The summed E-state index contributed by atoms with van der Waals surface area (Å²) >= 11 is 0. The van der Waals surface area contributed by atoms with E-state index in [1.807, 2.05) is 6.92 Å². The fourth-order valence-corrected chi connectivity index (χ4v) is 2.50. The average molecular weight is 375 g/mol. The van der Waals surface area contributed by atoms with E-state index in [0.29, 0.717) is 12.4 Å². The minimum absolute atomic E-state index is 0.0420. The van der Waals surface area contributed by atoms with Gasteiger partial charge in [0.15, 0.2) is 0 Å². The van der Waals surface area contributed by atoms with Crippen molar-refractivity contribution in [3.8, 4) is 5.75 Å². The maximum atomic E-state index is 12.3. The molecule has 0 unspecified atom stereocenters. The molecule has 0 saturated heterocycles. The molecule has 0 fully saturated rings. The van der Waals surface area contributed by atoms with E-state index in [9.17, 15) is 14.4 Å². The van der Waals surface area contributed by atoms with Crippen molar-refractivity contribution in [1.29, 1.82) is 0 Å². The van der Waals surface area contributed by atoms with Crippen LogP contribution in [0.1, 0.15) is 39.0 Å². The first-order valence-corrected chi connectivity index (χ1v) is 8.22. The Kier molecular flexibility index (Phi) is 6.59. The van der Waals surface area contributed by atoms with E-state index < -0.39 is 17.8 Å². The lowest BCUT2D eigenvalue weighted by Crippen LogP contribution is -2.17. The number of ether oxygens (including phenoxy) is 3. The number of anilines is 1. The van der Waals surface area contributed by atoms with Gasteiger partial charge in [0.2, 0.25) is 11.8 Å². The van der Waals surface area contributed by atoms with E-state index in [-0.39, 0.29) is 29.2 Å². The summed E-state index contributed by atoms with van der Waals surface area (Å²) in [5.74, 6) is -1.31. The Labute approximate surface area is 156 Å². The highest BCUT2D eigenvalue weighted by atomic mass is 16.5. The zero-order chi connectivity index (χ0) is 20.0. The quantitative estimate of drug-likeness (QED) is 0.742. The van der Waals surface area contributed by atoms with Crippen molar-refractivity contribution in [1.82, 2.24) is 0 Å². The summed E-state index contributed by atoms with van der Waals surface area (Å²) in [6.07, 6.45) is 0.0420. The number of hydrogen-bond acceptors (Lipinski definition) is 7. The maximum absolute atomic E-state index is 12.3. The molecule has 1 heterocycles. The first-order chi connectivity index (χ1) is 12.9. The number of esters is 2. The van der Waals surface area contributed by atoms with Crippen molar-refractivity contribution in [2.45, 2.75) is 20.3 Å². The number of amides is 1. The lowest BCUT2D eigenvalue weighted by molar-refractivity contribution is -0.115. The highest BCUT2D eigenvalue weighted by Crippen LogP contribution is 2.28. The largest absolute Gasteiger partial charge is 0.494 e. The Balaban J connectivity index is 2.21. The lowest BCUT2D eigenvalue weighted by Gasteiger charge is -2.07. The predicted molar refractivity (Wildman–Crippen MR) is 96.1 cm³/mol. The van der Waals surface area contributed by atoms with E-state index in [1.165, 1.54) is 14.0 Å². The molecule has 2 aromatic rings. The number of aryl methyl sites for hydroxylation is 1. The second-order valence-corrected chi connectivity index (χ2v) is 5.52. The topological polar surface area (TPSA) is 104 Å². The van der Waals surface area contributed by atoms with E-state index in [2.05, 4.69) is 14.8 Å². The highest BCUT2D eigenvalue weighted by molar-refractivity contribution is 6.09. The maximum Gasteiger partial charge on any atom is 0.344 e. The van der Waals surface area contributed by atoms with E-state index in [1.54, 1.807) is 24.3 Å². The first-order valence-electron chi connectivity index (χ1n) is 8.22. The van der Waals surface area contributed by atoms with Gasteiger partial charge in [-0.25, -0.2) is 9.59 Å². The summed E-state index contributed by atoms with van der Waals surface area (Å²) in [6.45, 7) is 3.92. The third-order valence-corrected chi connectivity index (χ3v) is 3.72. The Morgan fingerprint density at radius 3 is 2.15 bits per heavy atom.